The Hall–Kier alpha value is -5.04. The van der Waals surface area contributed by atoms with E-state index in [0.717, 1.165) is 0 Å². The fraction of sp³-hybridized carbons (Fsp3) is 0.797. The fourth-order valence-corrected chi connectivity index (χ4v) is 9.78. The first-order chi connectivity index (χ1) is 44.9. The molecule has 1 aromatic rings. The van der Waals surface area contributed by atoms with E-state index >= 15 is 0 Å². The molecule has 3 aliphatic rings. The molecular formula is C59H101N7O28. The molecule has 94 heavy (non-hydrogen) atoms. The maximum absolute atomic E-state index is 14.3. The molecule has 35 nitrogen and oxygen atoms in total. The minimum Gasteiger partial charge on any atom is -0.488 e. The van der Waals surface area contributed by atoms with Crippen LogP contribution in [0.4, 0.5) is 0 Å². The zero-order valence-corrected chi connectivity index (χ0v) is 54.2. The average molecular weight is 1360 g/mol. The van der Waals surface area contributed by atoms with Gasteiger partial charge in [0.1, 0.15) is 84.4 Å². The lowest BCUT2D eigenvalue weighted by atomic mass is 9.97. The van der Waals surface area contributed by atoms with Crippen LogP contribution in [-0.2, 0) is 92.0 Å². The first-order valence-corrected chi connectivity index (χ1v) is 31.2. The summed E-state index contributed by atoms with van der Waals surface area (Å²) < 4.78 is 73.3. The number of carbonyl (C=O) groups excluding carboxylic acids is 6. The van der Waals surface area contributed by atoms with Crippen molar-refractivity contribution in [3.8, 4) is 5.75 Å². The van der Waals surface area contributed by atoms with E-state index in [-0.39, 0.29) is 125 Å². The van der Waals surface area contributed by atoms with Crippen molar-refractivity contribution in [1.82, 2.24) is 36.8 Å². The smallest absolute Gasteiger partial charge is 0.237 e. The maximum Gasteiger partial charge on any atom is 0.237 e. The highest BCUT2D eigenvalue weighted by molar-refractivity contribution is 5.86. The third-order valence-corrected chi connectivity index (χ3v) is 14.3. The van der Waals surface area contributed by atoms with Crippen molar-refractivity contribution < 1.29 is 136 Å². The van der Waals surface area contributed by atoms with E-state index in [9.17, 15) is 74.7 Å². The lowest BCUT2D eigenvalue weighted by Gasteiger charge is -2.42. The van der Waals surface area contributed by atoms with E-state index in [1.807, 2.05) is 20.8 Å². The number of nitrogens with zero attached hydrogens (tertiary/aromatic N) is 1. The predicted octanol–water partition coefficient (Wildman–Crippen LogP) is -7.59. The number of aliphatic hydroxyl groups is 9. The molecule has 0 bridgehead atoms. The minimum atomic E-state index is -1.48. The highest BCUT2D eigenvalue weighted by atomic mass is 16.7. The Morgan fingerprint density at radius 1 is 0.457 bits per heavy atom. The summed E-state index contributed by atoms with van der Waals surface area (Å²) >= 11 is 0. The van der Waals surface area contributed by atoms with Crippen molar-refractivity contribution in [2.45, 2.75) is 152 Å². The molecule has 15 N–H and O–H groups in total. The van der Waals surface area contributed by atoms with E-state index in [4.69, 9.17) is 61.6 Å². The van der Waals surface area contributed by atoms with Gasteiger partial charge in [0.25, 0.3) is 0 Å². The number of rotatable bonds is 45. The van der Waals surface area contributed by atoms with Crippen LogP contribution in [0.25, 0.3) is 0 Å². The summed E-state index contributed by atoms with van der Waals surface area (Å²) in [6.07, 6.45) is -15.8. The molecular weight excluding hydrogens is 1250 g/mol. The van der Waals surface area contributed by atoms with Crippen LogP contribution in [0.3, 0.4) is 0 Å². The number of nitrogens with one attached hydrogen (secondary N) is 6. The number of amides is 6. The van der Waals surface area contributed by atoms with Gasteiger partial charge in [-0.2, -0.15) is 0 Å². The number of benzene rings is 1. The third-order valence-electron chi connectivity index (χ3n) is 14.3. The Balaban J connectivity index is 1.32. The topological polar surface area (TPSA) is 480 Å². The number of hydrogen-bond donors (Lipinski definition) is 15. The van der Waals surface area contributed by atoms with Crippen LogP contribution < -0.4 is 36.6 Å². The van der Waals surface area contributed by atoms with Crippen LogP contribution in [0.2, 0.25) is 0 Å². The second-order valence-corrected chi connectivity index (χ2v) is 23.1. The Kier molecular flexibility index (Phi) is 38.1. The highest BCUT2D eigenvalue weighted by Crippen LogP contribution is 2.26. The summed E-state index contributed by atoms with van der Waals surface area (Å²) in [6, 6.07) is 2.60. The van der Waals surface area contributed by atoms with E-state index in [1.54, 1.807) is 24.3 Å². The monoisotopic (exact) mass is 1360 g/mol. The second-order valence-electron chi connectivity index (χ2n) is 23.1. The third kappa shape index (κ3) is 29.8. The van der Waals surface area contributed by atoms with Crippen molar-refractivity contribution in [1.29, 1.82) is 0 Å². The van der Waals surface area contributed by atoms with Crippen LogP contribution >= 0.6 is 0 Å². The lowest BCUT2D eigenvalue weighted by Crippen LogP contribution is -2.64. The van der Waals surface area contributed by atoms with Crippen LogP contribution in [-0.4, -0.2) is 342 Å². The van der Waals surface area contributed by atoms with Crippen molar-refractivity contribution in [2.75, 3.05) is 152 Å². The molecule has 1 aromatic carbocycles. The molecule has 35 heteroatoms. The summed E-state index contributed by atoms with van der Waals surface area (Å²) in [6.45, 7) is 7.44. The van der Waals surface area contributed by atoms with Gasteiger partial charge in [0.15, 0.2) is 18.9 Å². The first-order valence-electron chi connectivity index (χ1n) is 31.2. The minimum absolute atomic E-state index is 0.0112. The van der Waals surface area contributed by atoms with Gasteiger partial charge >= 0.3 is 0 Å². The van der Waals surface area contributed by atoms with Gasteiger partial charge in [-0.25, -0.2) is 0 Å². The van der Waals surface area contributed by atoms with Crippen LogP contribution in [0.5, 0.6) is 5.75 Å². The second kappa shape index (κ2) is 44.0. The number of ether oxygens (including phenoxy) is 13. The first kappa shape index (κ1) is 81.4. The molecule has 3 aliphatic heterocycles. The van der Waals surface area contributed by atoms with E-state index in [0.29, 0.717) is 11.3 Å². The number of hydrogen-bond acceptors (Lipinski definition) is 29. The molecule has 0 aliphatic carbocycles. The van der Waals surface area contributed by atoms with Gasteiger partial charge < -0.3 is 139 Å². The zero-order valence-electron chi connectivity index (χ0n) is 54.2. The molecule has 16 atom stereocenters. The van der Waals surface area contributed by atoms with Gasteiger partial charge in [0, 0.05) is 40.4 Å². The van der Waals surface area contributed by atoms with Gasteiger partial charge in [-0.05, 0) is 44.9 Å². The Bertz CT molecular complexity index is 2270. The maximum atomic E-state index is 14.3. The summed E-state index contributed by atoms with van der Waals surface area (Å²) in [5.41, 5.74) is 0.169. The standard InChI is InChI=1S/C59H101N7O28/c1-35(70)63-46-52(78)49(75)41(32-67)91-56(46)88-26-23-85-20-17-82-14-11-60-44(73)30-66(31-45(74)61-12-15-83-18-21-86-24-27-89-57-47(64-36(2)71)53(79)50(76)42(33-68)92-57)40(29-38-7-9-39(10-8-38)94-59(4,5)6)55(81)62-13-16-84-19-22-87-25-28-90-58-48(65-37(3)72)54(80)51(77)43(34-69)93-58/h7-10,40-43,46-54,56-58,67-69,75-80H,11-34H2,1-6H3,(H,60,73)(H,61,74)(H,62,81)(H,63,70)(H,64,71)(H,65,72). The largest absolute Gasteiger partial charge is 0.488 e. The van der Waals surface area contributed by atoms with Gasteiger partial charge in [-0.3, -0.25) is 33.7 Å². The Labute approximate surface area is 545 Å². The molecule has 3 fully saturated rings. The molecule has 0 spiro atoms. The SMILES string of the molecule is CC(=O)NC1C(OCCOCCOCCNC(=O)CN(CC(=O)NCCOCCOCCOC2OC(CO)C(O)C(O)C2NC(C)=O)C(Cc2ccc(OC(C)(C)C)cc2)C(=O)NCCOCCOCCOC2OC(CO)C(O)C(O)C2NC(C)=O)OC(CO)C(O)C1O. The molecule has 4 rings (SSSR count). The molecule has 16 unspecified atom stereocenters. The summed E-state index contributed by atoms with van der Waals surface area (Å²) in [7, 11) is 0. The van der Waals surface area contributed by atoms with E-state index in [1.165, 1.54) is 25.7 Å². The molecule has 6 amide bonds. The molecule has 540 valence electrons. The molecule has 0 aromatic heterocycles. The molecule has 3 heterocycles. The lowest BCUT2D eigenvalue weighted by molar-refractivity contribution is -0.272. The average Bonchev–Trinajstić information content (AvgIpc) is 0.912. The van der Waals surface area contributed by atoms with E-state index < -0.39 is 172 Å². The van der Waals surface area contributed by atoms with E-state index in [2.05, 4.69) is 31.9 Å². The van der Waals surface area contributed by atoms with Gasteiger partial charge in [-0.15, -0.1) is 0 Å². The highest BCUT2D eigenvalue weighted by Gasteiger charge is 2.48. The fourth-order valence-electron chi connectivity index (χ4n) is 9.78. The van der Waals surface area contributed by atoms with Gasteiger partial charge in [0.2, 0.25) is 35.4 Å². The predicted molar refractivity (Wildman–Crippen MR) is 324 cm³/mol. The quantitative estimate of drug-likeness (QED) is 0.0270. The zero-order chi connectivity index (χ0) is 69.2. The van der Waals surface area contributed by atoms with Crippen molar-refractivity contribution in [3.63, 3.8) is 0 Å². The van der Waals surface area contributed by atoms with Gasteiger partial charge in [-0.1, -0.05) is 12.1 Å². The molecule has 0 saturated carbocycles. The normalized spacial score (nSPS) is 26.7. The number of carbonyl (C=O) groups is 6. The van der Waals surface area contributed by atoms with Crippen molar-refractivity contribution in [3.05, 3.63) is 29.8 Å². The Morgan fingerprint density at radius 3 is 1.07 bits per heavy atom. The summed E-state index contributed by atoms with van der Waals surface area (Å²) in [5, 5.41) is 107. The number of aliphatic hydroxyl groups excluding tert-OH is 9. The molecule has 3 saturated heterocycles. The van der Waals surface area contributed by atoms with Crippen LogP contribution in [0.15, 0.2) is 24.3 Å². The van der Waals surface area contributed by atoms with Crippen molar-refractivity contribution in [2.24, 2.45) is 0 Å². The van der Waals surface area contributed by atoms with Gasteiger partial charge in [0.05, 0.1) is 138 Å². The Morgan fingerprint density at radius 2 is 0.766 bits per heavy atom. The summed E-state index contributed by atoms with van der Waals surface area (Å²) in [5.74, 6) is -2.55. The van der Waals surface area contributed by atoms with Crippen LogP contribution in [0, 0.1) is 0 Å². The molecule has 0 radical (unpaired) electrons. The van der Waals surface area contributed by atoms with Crippen molar-refractivity contribution >= 4 is 35.4 Å². The summed E-state index contributed by atoms with van der Waals surface area (Å²) in [4.78, 5) is 78.4. The van der Waals surface area contributed by atoms with Crippen LogP contribution in [0.1, 0.15) is 47.1 Å².